The lowest BCUT2D eigenvalue weighted by molar-refractivity contribution is -0.305. The average molecular weight is 580 g/mol. The van der Waals surface area contributed by atoms with Gasteiger partial charge in [0.2, 0.25) is 5.91 Å². The Morgan fingerprint density at radius 3 is 2.62 bits per heavy atom. The fourth-order valence-corrected chi connectivity index (χ4v) is 4.65. The number of carboxylic acids is 2. The lowest BCUT2D eigenvalue weighted by atomic mass is 9.72. The number of imide groups is 1. The van der Waals surface area contributed by atoms with Gasteiger partial charge in [0, 0.05) is 32.0 Å². The Morgan fingerprint density at radius 1 is 1.17 bits per heavy atom. The number of likely N-dealkylation sites (N-methyl/N-ethyl adjacent to an activating group) is 1. The number of nitrogens with zero attached hydrogens (tertiary/aromatic N) is 3. The number of rotatable bonds is 8. The van der Waals surface area contributed by atoms with Gasteiger partial charge in [-0.3, -0.25) is 19.3 Å². The lowest BCUT2D eigenvalue weighted by Crippen LogP contribution is -2.62. The van der Waals surface area contributed by atoms with Gasteiger partial charge >= 0.3 is 30.9 Å². The van der Waals surface area contributed by atoms with Crippen LogP contribution in [-0.4, -0.2) is 106 Å². The van der Waals surface area contributed by atoms with Crippen LogP contribution in [0.2, 0.25) is 0 Å². The smallest absolute Gasteiger partial charge is 0.547 e. The van der Waals surface area contributed by atoms with Crippen LogP contribution in [0.4, 0.5) is 4.79 Å². The van der Waals surface area contributed by atoms with Gasteiger partial charge in [-0.2, -0.15) is 0 Å². The SMILES string of the molecule is CCN1CCN(C(=O)NC(C(=O)N[C@H]2Cc3cccc(C(=O)O)c3OB2O)C2=CC=CN(CC(=O)[O-])C=C2)C(=O)C1=O. The second-order valence-electron chi connectivity index (χ2n) is 9.52. The molecule has 4 rings (SSSR count). The molecule has 5 amide bonds. The van der Waals surface area contributed by atoms with Crippen LogP contribution >= 0.6 is 0 Å². The van der Waals surface area contributed by atoms with E-state index in [1.165, 1.54) is 52.6 Å². The van der Waals surface area contributed by atoms with E-state index >= 15 is 0 Å². The number of para-hydroxylation sites is 1. The highest BCUT2D eigenvalue weighted by Gasteiger charge is 2.41. The summed E-state index contributed by atoms with van der Waals surface area (Å²) in [4.78, 5) is 77.5. The zero-order valence-corrected chi connectivity index (χ0v) is 22.4. The molecule has 4 N–H and O–H groups in total. The molecule has 0 radical (unpaired) electrons. The highest BCUT2D eigenvalue weighted by Crippen LogP contribution is 2.30. The summed E-state index contributed by atoms with van der Waals surface area (Å²) in [6, 6.07) is 1.89. The summed E-state index contributed by atoms with van der Waals surface area (Å²) in [5.74, 6) is -6.48. The zero-order chi connectivity index (χ0) is 30.6. The minimum atomic E-state index is -1.64. The third-order valence-corrected chi connectivity index (χ3v) is 6.81. The van der Waals surface area contributed by atoms with Crippen LogP contribution in [0.3, 0.4) is 0 Å². The van der Waals surface area contributed by atoms with Gasteiger partial charge in [0.15, 0.2) is 0 Å². The predicted octanol–water partition coefficient (Wildman–Crippen LogP) is -2.39. The molecule has 1 fully saturated rings. The van der Waals surface area contributed by atoms with E-state index in [0.29, 0.717) is 10.5 Å². The molecule has 0 saturated carbocycles. The summed E-state index contributed by atoms with van der Waals surface area (Å²) >= 11 is 0. The van der Waals surface area contributed by atoms with Crippen molar-refractivity contribution < 1.29 is 48.7 Å². The second kappa shape index (κ2) is 12.6. The van der Waals surface area contributed by atoms with Crippen LogP contribution in [0, 0.1) is 0 Å². The Hall–Kier alpha value is -5.12. The number of piperazine rings is 1. The third-order valence-electron chi connectivity index (χ3n) is 6.81. The second-order valence-corrected chi connectivity index (χ2v) is 9.52. The number of hydrogen-bond donors (Lipinski definition) is 4. The van der Waals surface area contributed by atoms with Crippen molar-refractivity contribution in [2.24, 2.45) is 0 Å². The lowest BCUT2D eigenvalue weighted by Gasteiger charge is -2.33. The molecule has 1 unspecified atom stereocenters. The average Bonchev–Trinajstić information content (AvgIpc) is 3.17. The van der Waals surface area contributed by atoms with Crippen LogP contribution in [0.25, 0.3) is 0 Å². The number of nitrogens with one attached hydrogen (secondary N) is 2. The summed E-state index contributed by atoms with van der Waals surface area (Å²) in [5, 5.41) is 36.1. The first-order valence-electron chi connectivity index (χ1n) is 12.9. The maximum absolute atomic E-state index is 13.6. The normalized spacial score (nSPS) is 18.9. The molecular formula is C26H27BN5O10-. The number of benzene rings is 1. The number of urea groups is 1. The van der Waals surface area contributed by atoms with Gasteiger partial charge in [-0.15, -0.1) is 0 Å². The van der Waals surface area contributed by atoms with Gasteiger partial charge in [-0.1, -0.05) is 18.2 Å². The van der Waals surface area contributed by atoms with E-state index in [4.69, 9.17) is 4.65 Å². The molecule has 1 aromatic rings. The van der Waals surface area contributed by atoms with Crippen LogP contribution in [0.1, 0.15) is 22.8 Å². The van der Waals surface area contributed by atoms with E-state index in [9.17, 15) is 44.0 Å². The van der Waals surface area contributed by atoms with Crippen LogP contribution in [-0.2, 0) is 25.6 Å². The molecule has 15 nitrogen and oxygen atoms in total. The molecule has 3 aliphatic rings. The van der Waals surface area contributed by atoms with Crippen molar-refractivity contribution in [2.45, 2.75) is 25.3 Å². The molecule has 0 spiro atoms. The quantitative estimate of drug-likeness (QED) is 0.188. The van der Waals surface area contributed by atoms with Gasteiger partial charge < -0.3 is 45.1 Å². The van der Waals surface area contributed by atoms with Crippen molar-refractivity contribution in [2.75, 3.05) is 26.2 Å². The molecule has 2 atom stereocenters. The van der Waals surface area contributed by atoms with Crippen molar-refractivity contribution in [3.63, 3.8) is 0 Å². The van der Waals surface area contributed by atoms with Gasteiger partial charge in [-0.25, -0.2) is 9.59 Å². The molecule has 0 bridgehead atoms. The minimum absolute atomic E-state index is 0.00975. The first kappa shape index (κ1) is 29.9. The number of aromatic carboxylic acids is 1. The van der Waals surface area contributed by atoms with Crippen molar-refractivity contribution in [3.8, 4) is 5.75 Å². The first-order chi connectivity index (χ1) is 20.0. The summed E-state index contributed by atoms with van der Waals surface area (Å²) in [5.41, 5.74) is 0.424. The number of hydrogen-bond acceptors (Lipinski definition) is 10. The maximum atomic E-state index is 13.6. The molecule has 0 aliphatic carbocycles. The minimum Gasteiger partial charge on any atom is -0.548 e. The third kappa shape index (κ3) is 6.44. The molecule has 16 heteroatoms. The largest absolute Gasteiger partial charge is 0.548 e. The number of carbonyl (C=O) groups excluding carboxylic acids is 5. The Morgan fingerprint density at radius 2 is 1.93 bits per heavy atom. The molecule has 0 aromatic heterocycles. The van der Waals surface area contributed by atoms with Crippen molar-refractivity contribution in [1.29, 1.82) is 0 Å². The molecule has 3 heterocycles. The Kier molecular flexibility index (Phi) is 8.95. The van der Waals surface area contributed by atoms with Gasteiger partial charge in [0.25, 0.3) is 0 Å². The highest BCUT2D eigenvalue weighted by atomic mass is 16.5. The summed E-state index contributed by atoms with van der Waals surface area (Å²) in [6.45, 7) is 1.48. The summed E-state index contributed by atoms with van der Waals surface area (Å²) < 4.78 is 5.43. The molecular weight excluding hydrogens is 553 g/mol. The van der Waals surface area contributed by atoms with Crippen LogP contribution < -0.4 is 20.4 Å². The number of amides is 5. The Balaban J connectivity index is 1.57. The first-order valence-corrected chi connectivity index (χ1v) is 12.9. The molecule has 220 valence electrons. The molecule has 1 saturated heterocycles. The monoisotopic (exact) mass is 580 g/mol. The van der Waals surface area contributed by atoms with E-state index in [1.54, 1.807) is 13.0 Å². The predicted molar refractivity (Wildman–Crippen MR) is 142 cm³/mol. The molecule has 3 aliphatic heterocycles. The van der Waals surface area contributed by atoms with E-state index in [2.05, 4.69) is 10.6 Å². The number of allylic oxidation sites excluding steroid dienone is 2. The zero-order valence-electron chi connectivity index (χ0n) is 22.4. The van der Waals surface area contributed by atoms with E-state index < -0.39 is 61.3 Å². The molecule has 42 heavy (non-hydrogen) atoms. The number of fused-ring (bicyclic) bond motifs is 1. The summed E-state index contributed by atoms with van der Waals surface area (Å²) in [7, 11) is -1.64. The number of carboxylic acid groups (broad SMARTS) is 2. The van der Waals surface area contributed by atoms with Crippen molar-refractivity contribution >= 4 is 42.8 Å². The standard InChI is InChI=1S/C26H28BN5O10/c1-2-31-11-12-32(24(37)23(31)36)26(40)29-20(15-6-4-9-30(10-8-15)14-19(33)34)22(35)28-18-13-16-5-3-7-17(25(38)39)21(16)42-27(18)41/h3-10,18,20,41H,2,11-14H2,1H3,(H,28,35)(H,29,40)(H,33,34)(H,38,39)/p-1/t18-,20?/m0/s1. The fourth-order valence-electron chi connectivity index (χ4n) is 4.65. The summed E-state index contributed by atoms with van der Waals surface area (Å²) in [6.07, 6.45) is 6.97. The Labute approximate surface area is 239 Å². The van der Waals surface area contributed by atoms with Crippen LogP contribution in [0.5, 0.6) is 5.75 Å². The Bertz CT molecular complexity index is 1410. The van der Waals surface area contributed by atoms with Gasteiger partial charge in [-0.05, 0) is 42.7 Å². The molecule has 1 aromatic carbocycles. The number of carbonyl (C=O) groups is 6. The van der Waals surface area contributed by atoms with E-state index in [0.717, 1.165) is 0 Å². The fraction of sp³-hybridized carbons (Fsp3) is 0.308. The number of aliphatic carboxylic acids is 1. The topological polar surface area (TPSA) is 209 Å². The van der Waals surface area contributed by atoms with Crippen LogP contribution in [0.15, 0.2) is 54.4 Å². The van der Waals surface area contributed by atoms with E-state index in [1.807, 2.05) is 0 Å². The maximum Gasteiger partial charge on any atom is 0.547 e. The van der Waals surface area contributed by atoms with Gasteiger partial charge in [0.1, 0.15) is 11.8 Å². The van der Waals surface area contributed by atoms with Gasteiger partial charge in [0.05, 0.1) is 24.0 Å². The highest BCUT2D eigenvalue weighted by molar-refractivity contribution is 6.47. The van der Waals surface area contributed by atoms with Crippen molar-refractivity contribution in [3.05, 3.63) is 65.5 Å². The van der Waals surface area contributed by atoms with Crippen molar-refractivity contribution in [1.82, 2.24) is 25.3 Å². The van der Waals surface area contributed by atoms with E-state index in [-0.39, 0.29) is 42.9 Å².